The van der Waals surface area contributed by atoms with Crippen LogP contribution < -0.4 is 19.5 Å². The van der Waals surface area contributed by atoms with Crippen LogP contribution in [0, 0.1) is 0 Å². The first-order chi connectivity index (χ1) is 17.4. The summed E-state index contributed by atoms with van der Waals surface area (Å²) in [6.45, 7) is 4.39. The van der Waals surface area contributed by atoms with Gasteiger partial charge in [0.05, 0.1) is 19.9 Å². The summed E-state index contributed by atoms with van der Waals surface area (Å²) in [5.74, 6) is 2.31. The average Bonchev–Trinajstić information content (AvgIpc) is 3.37. The molecule has 0 spiro atoms. The van der Waals surface area contributed by atoms with Gasteiger partial charge in [0.1, 0.15) is 5.75 Å². The topological polar surface area (TPSA) is 75.8 Å². The molecule has 2 saturated heterocycles. The zero-order chi connectivity index (χ0) is 25.4. The third kappa shape index (κ3) is 4.52. The summed E-state index contributed by atoms with van der Waals surface area (Å²) in [7, 11) is 5.47. The smallest absolute Gasteiger partial charge is 0.258 e. The number of carbonyl (C=O) groups excluding carboxylic acids is 1. The van der Waals surface area contributed by atoms with Crippen molar-refractivity contribution in [1.29, 1.82) is 0 Å². The van der Waals surface area contributed by atoms with Crippen molar-refractivity contribution >= 4 is 16.8 Å². The summed E-state index contributed by atoms with van der Waals surface area (Å²) < 4.78 is 16.9. The van der Waals surface area contributed by atoms with E-state index in [1.165, 1.54) is 12.0 Å². The minimum Gasteiger partial charge on any atom is -0.493 e. The van der Waals surface area contributed by atoms with Gasteiger partial charge in [0.15, 0.2) is 18.1 Å². The summed E-state index contributed by atoms with van der Waals surface area (Å²) in [4.78, 5) is 18.7. The Balaban J connectivity index is 1.34. The second kappa shape index (κ2) is 10.1. The highest BCUT2D eigenvalue weighted by Gasteiger charge is 2.40. The Hall–Kier alpha value is -3.19. The first-order valence-electron chi connectivity index (χ1n) is 12.9. The molecule has 2 unspecified atom stereocenters. The maximum Gasteiger partial charge on any atom is 0.258 e. The van der Waals surface area contributed by atoms with Gasteiger partial charge in [0.25, 0.3) is 5.91 Å². The number of nitrogens with zero attached hydrogens (tertiary/aromatic N) is 1. The highest BCUT2D eigenvalue weighted by Crippen LogP contribution is 2.40. The van der Waals surface area contributed by atoms with Gasteiger partial charge in [-0.3, -0.25) is 9.69 Å². The Kier molecular flexibility index (Phi) is 6.84. The molecule has 2 fully saturated rings. The van der Waals surface area contributed by atoms with E-state index >= 15 is 0 Å². The molecule has 7 heteroatoms. The Morgan fingerprint density at radius 3 is 2.58 bits per heavy atom. The Labute approximate surface area is 213 Å². The zero-order valence-corrected chi connectivity index (χ0v) is 21.9. The molecule has 3 aromatic rings. The van der Waals surface area contributed by atoms with Crippen molar-refractivity contribution in [3.8, 4) is 28.5 Å². The number of benzene rings is 2. The summed E-state index contributed by atoms with van der Waals surface area (Å²) in [6.07, 6.45) is 4.61. The SMILES string of the molecule is COc1ccc(-c2[nH]c3ccc(OCC(=O)NC4CC[C@H]5CCC4N5C)cc3c2C(C)C)cc1OC. The number of nitrogens with one attached hydrogen (secondary N) is 2. The van der Waals surface area contributed by atoms with Gasteiger partial charge in [-0.2, -0.15) is 0 Å². The zero-order valence-electron chi connectivity index (χ0n) is 21.9. The van der Waals surface area contributed by atoms with E-state index < -0.39 is 0 Å². The van der Waals surface area contributed by atoms with Crippen molar-refractivity contribution in [3.05, 3.63) is 42.0 Å². The van der Waals surface area contributed by atoms with Crippen LogP contribution in [0.2, 0.25) is 0 Å². The molecule has 7 nitrogen and oxygen atoms in total. The van der Waals surface area contributed by atoms with Gasteiger partial charge < -0.3 is 24.5 Å². The van der Waals surface area contributed by atoms with E-state index in [-0.39, 0.29) is 24.5 Å². The van der Waals surface area contributed by atoms with Crippen LogP contribution in [0.1, 0.15) is 51.0 Å². The van der Waals surface area contributed by atoms with Crippen molar-refractivity contribution in [2.24, 2.45) is 0 Å². The molecule has 3 heterocycles. The molecule has 0 radical (unpaired) electrons. The number of hydrogen-bond acceptors (Lipinski definition) is 5. The molecule has 2 aromatic carbocycles. The molecule has 36 heavy (non-hydrogen) atoms. The van der Waals surface area contributed by atoms with Gasteiger partial charge in [0.2, 0.25) is 0 Å². The van der Waals surface area contributed by atoms with Crippen LogP contribution >= 0.6 is 0 Å². The lowest BCUT2D eigenvalue weighted by Crippen LogP contribution is -2.53. The van der Waals surface area contributed by atoms with E-state index in [0.29, 0.717) is 29.3 Å². The number of aromatic amines is 1. The molecule has 192 valence electrons. The predicted molar refractivity (Wildman–Crippen MR) is 142 cm³/mol. The molecular formula is C29H37N3O4. The fourth-order valence-corrected chi connectivity index (χ4v) is 6.10. The number of piperidine rings is 1. The van der Waals surface area contributed by atoms with E-state index in [1.54, 1.807) is 14.2 Å². The summed E-state index contributed by atoms with van der Waals surface area (Å²) in [5.41, 5.74) is 4.31. The maximum absolute atomic E-state index is 12.7. The average molecular weight is 492 g/mol. The minimum absolute atomic E-state index is 0.0197. The number of likely N-dealkylation sites (N-methyl/N-ethyl adjacent to an activating group) is 1. The van der Waals surface area contributed by atoms with E-state index in [2.05, 4.69) is 36.1 Å². The Morgan fingerprint density at radius 2 is 1.83 bits per heavy atom. The van der Waals surface area contributed by atoms with E-state index in [4.69, 9.17) is 14.2 Å². The molecule has 2 N–H and O–H groups in total. The van der Waals surface area contributed by atoms with Crippen LogP contribution in [0.5, 0.6) is 17.2 Å². The van der Waals surface area contributed by atoms with Gasteiger partial charge in [-0.25, -0.2) is 0 Å². The monoisotopic (exact) mass is 491 g/mol. The maximum atomic E-state index is 12.7. The number of methoxy groups -OCH3 is 2. The Morgan fingerprint density at radius 1 is 1.06 bits per heavy atom. The highest BCUT2D eigenvalue weighted by molar-refractivity contribution is 5.92. The molecule has 3 atom stereocenters. The van der Waals surface area contributed by atoms with E-state index in [9.17, 15) is 4.79 Å². The second-order valence-electron chi connectivity index (χ2n) is 10.3. The van der Waals surface area contributed by atoms with Crippen molar-refractivity contribution < 1.29 is 19.0 Å². The highest BCUT2D eigenvalue weighted by atomic mass is 16.5. The molecule has 2 bridgehead atoms. The first-order valence-corrected chi connectivity index (χ1v) is 12.9. The lowest BCUT2D eigenvalue weighted by atomic mass is 9.96. The van der Waals surface area contributed by atoms with E-state index in [1.807, 2.05) is 36.4 Å². The number of amides is 1. The van der Waals surface area contributed by atoms with Gasteiger partial charge in [-0.1, -0.05) is 13.8 Å². The van der Waals surface area contributed by atoms with Crippen LogP contribution in [0.25, 0.3) is 22.2 Å². The number of rotatable bonds is 8. The predicted octanol–water partition coefficient (Wildman–Crippen LogP) is 5.10. The van der Waals surface area contributed by atoms with Gasteiger partial charge >= 0.3 is 0 Å². The van der Waals surface area contributed by atoms with Crippen molar-refractivity contribution in [2.45, 2.75) is 63.6 Å². The second-order valence-corrected chi connectivity index (χ2v) is 10.3. The number of carbonyl (C=O) groups is 1. The largest absolute Gasteiger partial charge is 0.493 e. The summed E-state index contributed by atoms with van der Waals surface area (Å²) >= 11 is 0. The lowest BCUT2D eigenvalue weighted by Gasteiger charge is -2.37. The number of fused-ring (bicyclic) bond motifs is 3. The third-order valence-electron chi connectivity index (χ3n) is 7.95. The fourth-order valence-electron chi connectivity index (χ4n) is 6.10. The molecule has 5 rings (SSSR count). The molecule has 0 saturated carbocycles. The van der Waals surface area contributed by atoms with Gasteiger partial charge in [0, 0.05) is 34.6 Å². The number of hydrogen-bond donors (Lipinski definition) is 2. The van der Waals surface area contributed by atoms with Crippen LogP contribution in [-0.2, 0) is 4.79 Å². The normalized spacial score (nSPS) is 21.7. The van der Waals surface area contributed by atoms with E-state index in [0.717, 1.165) is 41.4 Å². The third-order valence-corrected chi connectivity index (χ3v) is 7.95. The van der Waals surface area contributed by atoms with Crippen LogP contribution in [0.3, 0.4) is 0 Å². The van der Waals surface area contributed by atoms with Gasteiger partial charge in [-0.15, -0.1) is 0 Å². The molecule has 2 aliphatic rings. The standard InChI is InChI=1S/C29H37N3O4/c1-17(2)28-21-15-20(36-16-27(33)30-23-10-7-19-8-12-24(23)32(19)3)9-11-22(21)31-29(28)18-6-13-25(34-4)26(14-18)35-5/h6,9,11,13-15,17,19,23-24,31H,7-8,10,12,16H2,1-5H3,(H,30,33)/t19-,23?,24?/m0/s1. The first kappa shape index (κ1) is 24.5. The summed E-state index contributed by atoms with van der Waals surface area (Å²) in [5, 5.41) is 4.32. The van der Waals surface area contributed by atoms with Crippen LogP contribution in [0.15, 0.2) is 36.4 Å². The molecule has 1 amide bonds. The molecule has 1 aromatic heterocycles. The molecule has 0 aliphatic carbocycles. The van der Waals surface area contributed by atoms with Crippen molar-refractivity contribution in [2.75, 3.05) is 27.9 Å². The number of ether oxygens (including phenoxy) is 3. The van der Waals surface area contributed by atoms with Crippen LogP contribution in [0.4, 0.5) is 0 Å². The summed E-state index contributed by atoms with van der Waals surface area (Å²) in [6, 6.07) is 13.3. The number of aromatic nitrogens is 1. The Bertz CT molecular complexity index is 1250. The number of H-pyrrole nitrogens is 1. The quantitative estimate of drug-likeness (QED) is 0.459. The fraction of sp³-hybridized carbons (Fsp3) is 0.483. The van der Waals surface area contributed by atoms with Crippen LogP contribution in [-0.4, -0.2) is 61.8 Å². The van der Waals surface area contributed by atoms with Crippen molar-refractivity contribution in [1.82, 2.24) is 15.2 Å². The minimum atomic E-state index is -0.0528. The van der Waals surface area contributed by atoms with Crippen molar-refractivity contribution in [3.63, 3.8) is 0 Å². The molecular weight excluding hydrogens is 454 g/mol. The van der Waals surface area contributed by atoms with Gasteiger partial charge in [-0.05, 0) is 80.6 Å². The lowest BCUT2D eigenvalue weighted by molar-refractivity contribution is -0.124. The molecule has 2 aliphatic heterocycles.